The zero-order chi connectivity index (χ0) is 29.9. The van der Waals surface area contributed by atoms with Crippen LogP contribution in [0.4, 0.5) is 0 Å². The van der Waals surface area contributed by atoms with Crippen molar-refractivity contribution in [2.24, 2.45) is 11.8 Å². The summed E-state index contributed by atoms with van der Waals surface area (Å²) in [5, 5.41) is 11.2. The summed E-state index contributed by atoms with van der Waals surface area (Å²) in [6.07, 6.45) is 4.89. The van der Waals surface area contributed by atoms with Crippen LogP contribution in [-0.2, 0) is 16.0 Å². The van der Waals surface area contributed by atoms with E-state index < -0.39 is 5.92 Å². The quantitative estimate of drug-likeness (QED) is 0.187. The zero-order valence-electron chi connectivity index (χ0n) is 24.1. The SMILES string of the molecule is O=C1C(CC2C=C(c3ccccc3)OC(c3ccccc3)=C2)=C(O)C1Cc1cc(-c2ccccc2)[o+]c(-c2ccccc2)c1. The maximum atomic E-state index is 13.5. The molecule has 0 radical (unpaired) electrons. The first kappa shape index (κ1) is 27.4. The number of hydrogen-bond donors (Lipinski definition) is 1. The smallest absolute Gasteiger partial charge is 0.361 e. The summed E-state index contributed by atoms with van der Waals surface area (Å²) < 4.78 is 12.6. The molecule has 4 heteroatoms. The summed E-state index contributed by atoms with van der Waals surface area (Å²) in [7, 11) is 0. The van der Waals surface area contributed by atoms with Crippen LogP contribution in [0.3, 0.4) is 0 Å². The van der Waals surface area contributed by atoms with Gasteiger partial charge in [-0.25, -0.2) is 4.42 Å². The van der Waals surface area contributed by atoms with Gasteiger partial charge in [0.25, 0.3) is 0 Å². The molecule has 0 saturated carbocycles. The van der Waals surface area contributed by atoms with Crippen LogP contribution in [0.2, 0.25) is 0 Å². The van der Waals surface area contributed by atoms with Gasteiger partial charge in [0.2, 0.25) is 0 Å². The first-order valence-electron chi connectivity index (χ1n) is 14.9. The lowest BCUT2D eigenvalue weighted by atomic mass is 9.74. The number of benzene rings is 4. The maximum Gasteiger partial charge on any atom is 0.361 e. The first-order chi connectivity index (χ1) is 21.6. The van der Waals surface area contributed by atoms with Gasteiger partial charge in [-0.1, -0.05) is 97.1 Å². The highest BCUT2D eigenvalue weighted by atomic mass is 16.5. The molecule has 0 fully saturated rings. The highest BCUT2D eigenvalue weighted by molar-refractivity contribution is 6.06. The van der Waals surface area contributed by atoms with Gasteiger partial charge in [-0.3, -0.25) is 4.79 Å². The standard InChI is InChI=1S/C40H30O4/c41-39-33(21-27-23-35(29-13-5-1-6-14-29)43-36(24-27)30-15-7-2-8-16-30)40(42)34(39)22-28-25-37(31-17-9-3-10-18-31)44-38(26-28)32-19-11-4-12-20-32/h1-20,23-27,34H,21-22H2/p+1. The number of allylic oxidation sites excluding steroid dienone is 4. The molecule has 44 heavy (non-hydrogen) atoms. The maximum absolute atomic E-state index is 13.5. The van der Waals surface area contributed by atoms with Crippen molar-refractivity contribution in [3.8, 4) is 22.6 Å². The predicted molar refractivity (Wildman–Crippen MR) is 174 cm³/mol. The molecule has 0 spiro atoms. The Labute approximate surface area is 256 Å². The Hall–Kier alpha value is -5.48. The van der Waals surface area contributed by atoms with Gasteiger partial charge in [0.15, 0.2) is 5.78 Å². The molecule has 2 heterocycles. The fraction of sp³-hybridized carbons (Fsp3) is 0.100. The van der Waals surface area contributed by atoms with Crippen molar-refractivity contribution in [1.29, 1.82) is 0 Å². The summed E-state index contributed by atoms with van der Waals surface area (Å²) >= 11 is 0. The molecule has 7 rings (SSSR count). The van der Waals surface area contributed by atoms with Crippen molar-refractivity contribution >= 4 is 17.3 Å². The van der Waals surface area contributed by atoms with Crippen molar-refractivity contribution in [3.63, 3.8) is 0 Å². The third kappa shape index (κ3) is 5.62. The molecule has 1 N–H and O–H groups in total. The average molecular weight is 576 g/mol. The molecule has 1 aromatic heterocycles. The summed E-state index contributed by atoms with van der Waals surface area (Å²) in [5.41, 5.74) is 5.26. The Balaban J connectivity index is 1.17. The van der Waals surface area contributed by atoms with Crippen molar-refractivity contribution in [2.75, 3.05) is 0 Å². The number of carbonyl (C=O) groups is 1. The van der Waals surface area contributed by atoms with Crippen LogP contribution in [-0.4, -0.2) is 10.9 Å². The Bertz CT molecular complexity index is 1780. The summed E-state index contributed by atoms with van der Waals surface area (Å²) in [4.78, 5) is 13.5. The van der Waals surface area contributed by atoms with Gasteiger partial charge in [0.1, 0.15) is 17.3 Å². The summed E-state index contributed by atoms with van der Waals surface area (Å²) in [6.45, 7) is 0. The first-order valence-corrected chi connectivity index (χ1v) is 14.9. The topological polar surface area (TPSA) is 57.8 Å². The Kier molecular flexibility index (Phi) is 7.47. The van der Waals surface area contributed by atoms with Crippen LogP contribution in [0, 0.1) is 11.8 Å². The van der Waals surface area contributed by atoms with E-state index in [9.17, 15) is 9.90 Å². The molecule has 1 atom stereocenters. The van der Waals surface area contributed by atoms with E-state index >= 15 is 0 Å². The molecular weight excluding hydrogens is 544 g/mol. The minimum atomic E-state index is -0.574. The second-order valence-electron chi connectivity index (χ2n) is 11.2. The minimum absolute atomic E-state index is 0.0124. The third-order valence-corrected chi connectivity index (χ3v) is 8.17. The van der Waals surface area contributed by atoms with Gasteiger partial charge in [-0.2, -0.15) is 0 Å². The molecule has 1 aliphatic heterocycles. The number of ketones is 1. The average Bonchev–Trinajstić information content (AvgIpc) is 3.10. The Morgan fingerprint density at radius 2 is 1.02 bits per heavy atom. The minimum Gasteiger partial charge on any atom is -0.511 e. The summed E-state index contributed by atoms with van der Waals surface area (Å²) in [6, 6.07) is 43.7. The predicted octanol–water partition coefficient (Wildman–Crippen LogP) is 9.57. The highest BCUT2D eigenvalue weighted by Crippen LogP contribution is 2.41. The van der Waals surface area contributed by atoms with Gasteiger partial charge >= 0.3 is 11.5 Å². The van der Waals surface area contributed by atoms with E-state index in [0.29, 0.717) is 18.4 Å². The number of ether oxygens (including phenoxy) is 1. The lowest BCUT2D eigenvalue weighted by Crippen LogP contribution is -2.34. The van der Waals surface area contributed by atoms with Gasteiger partial charge < -0.3 is 9.84 Å². The van der Waals surface area contributed by atoms with Gasteiger partial charge in [-0.15, -0.1) is 0 Å². The summed E-state index contributed by atoms with van der Waals surface area (Å²) in [5.74, 6) is 2.41. The number of aliphatic hydroxyl groups is 1. The normalized spacial score (nSPS) is 16.5. The molecule has 0 bridgehead atoms. The molecule has 1 aliphatic carbocycles. The van der Waals surface area contributed by atoms with Gasteiger partial charge in [-0.05, 0) is 54.8 Å². The number of hydrogen-bond acceptors (Lipinski definition) is 3. The molecule has 214 valence electrons. The number of aliphatic hydroxyl groups excluding tert-OH is 1. The monoisotopic (exact) mass is 575 g/mol. The highest BCUT2D eigenvalue weighted by Gasteiger charge is 2.40. The van der Waals surface area contributed by atoms with Crippen LogP contribution in [0.15, 0.2) is 161 Å². The van der Waals surface area contributed by atoms with Crippen molar-refractivity contribution in [2.45, 2.75) is 12.8 Å². The van der Waals surface area contributed by atoms with Crippen LogP contribution in [0.25, 0.3) is 34.2 Å². The molecule has 1 unspecified atom stereocenters. The number of rotatable bonds is 8. The van der Waals surface area contributed by atoms with Crippen LogP contribution >= 0.6 is 0 Å². The van der Waals surface area contributed by atoms with Crippen LogP contribution in [0.5, 0.6) is 0 Å². The second-order valence-corrected chi connectivity index (χ2v) is 11.2. The lowest BCUT2D eigenvalue weighted by Gasteiger charge is -2.30. The van der Waals surface area contributed by atoms with E-state index in [-0.39, 0.29) is 17.5 Å². The zero-order valence-corrected chi connectivity index (χ0v) is 24.1. The molecule has 2 aliphatic rings. The Morgan fingerprint density at radius 1 is 0.591 bits per heavy atom. The fourth-order valence-corrected chi connectivity index (χ4v) is 5.88. The van der Waals surface area contributed by atoms with E-state index in [1.807, 2.05) is 146 Å². The van der Waals surface area contributed by atoms with Crippen molar-refractivity contribution < 1.29 is 19.1 Å². The Morgan fingerprint density at radius 3 is 1.45 bits per heavy atom. The van der Waals surface area contributed by atoms with Crippen LogP contribution in [0.1, 0.15) is 23.1 Å². The number of Topliss-reactive ketones (excluding diaryl/α,β-unsaturated/α-hetero) is 1. The molecule has 5 aromatic rings. The molecule has 0 saturated heterocycles. The van der Waals surface area contributed by atoms with E-state index in [0.717, 1.165) is 50.9 Å². The lowest BCUT2D eigenvalue weighted by molar-refractivity contribution is -0.122. The molecule has 0 amide bonds. The second kappa shape index (κ2) is 12.0. The third-order valence-electron chi connectivity index (χ3n) is 8.17. The van der Waals surface area contributed by atoms with E-state index in [1.54, 1.807) is 0 Å². The van der Waals surface area contributed by atoms with Crippen molar-refractivity contribution in [1.82, 2.24) is 0 Å². The van der Waals surface area contributed by atoms with E-state index in [4.69, 9.17) is 9.15 Å². The van der Waals surface area contributed by atoms with Crippen molar-refractivity contribution in [3.05, 3.63) is 174 Å². The van der Waals surface area contributed by atoms with E-state index in [2.05, 4.69) is 0 Å². The van der Waals surface area contributed by atoms with E-state index in [1.165, 1.54) is 0 Å². The van der Waals surface area contributed by atoms with Crippen LogP contribution < -0.4 is 0 Å². The van der Waals surface area contributed by atoms with Gasteiger partial charge in [0, 0.05) is 34.8 Å². The molecule has 4 aromatic carbocycles. The molecular formula is C40H31O4+. The fourth-order valence-electron chi connectivity index (χ4n) is 5.88. The molecule has 4 nitrogen and oxygen atoms in total. The number of carbonyl (C=O) groups excluding carboxylic acids is 1. The van der Waals surface area contributed by atoms with Gasteiger partial charge in [0.05, 0.1) is 17.0 Å². The largest absolute Gasteiger partial charge is 0.511 e.